The standard InChI is InChI=1S/C24H15ClF4N6O2/c1-37-22-18(26)8-15(10-31-22)20-17(14-3-5-16(25)6-4-14)11-32-35-21(20)33-34(23(35)36)12-13-2-7-19(30-9-13)24(27,28)29/h2-11H,12H2,1H3. The van der Waals surface area contributed by atoms with E-state index >= 15 is 0 Å². The first-order chi connectivity index (χ1) is 17.7. The summed E-state index contributed by atoms with van der Waals surface area (Å²) in [6, 6.07) is 10.0. The van der Waals surface area contributed by atoms with Crippen LogP contribution in [0.5, 0.6) is 5.88 Å². The Morgan fingerprint density at radius 3 is 2.38 bits per heavy atom. The first-order valence-electron chi connectivity index (χ1n) is 10.6. The third kappa shape index (κ3) is 4.62. The van der Waals surface area contributed by atoms with Gasteiger partial charge in [-0.3, -0.25) is 4.98 Å². The molecule has 13 heteroatoms. The van der Waals surface area contributed by atoms with Crippen LogP contribution in [0.4, 0.5) is 17.6 Å². The van der Waals surface area contributed by atoms with Crippen molar-refractivity contribution in [1.29, 1.82) is 0 Å². The number of methoxy groups -OCH3 is 1. The molecular weight excluding hydrogens is 516 g/mol. The van der Waals surface area contributed by atoms with E-state index in [1.54, 1.807) is 24.3 Å². The van der Waals surface area contributed by atoms with Crippen molar-refractivity contribution in [2.45, 2.75) is 12.7 Å². The maximum atomic E-state index is 14.6. The number of alkyl halides is 3. The maximum Gasteiger partial charge on any atom is 0.433 e. The molecule has 0 fully saturated rings. The van der Waals surface area contributed by atoms with Crippen molar-refractivity contribution in [1.82, 2.24) is 29.4 Å². The van der Waals surface area contributed by atoms with Crippen molar-refractivity contribution in [3.63, 3.8) is 0 Å². The fourth-order valence-electron chi connectivity index (χ4n) is 3.77. The molecule has 37 heavy (non-hydrogen) atoms. The Balaban J connectivity index is 1.67. The minimum absolute atomic E-state index is 0.0867. The molecule has 5 aromatic rings. The monoisotopic (exact) mass is 530 g/mol. The Hall–Kier alpha value is -4.32. The van der Waals surface area contributed by atoms with E-state index in [2.05, 4.69) is 20.2 Å². The fraction of sp³-hybridized carbons (Fsp3) is 0.125. The number of fused-ring (bicyclic) bond motifs is 1. The Labute approximate surface area is 210 Å². The van der Waals surface area contributed by atoms with Gasteiger partial charge in [0.05, 0.1) is 19.9 Å². The van der Waals surface area contributed by atoms with Gasteiger partial charge in [-0.1, -0.05) is 29.8 Å². The molecule has 188 valence electrons. The van der Waals surface area contributed by atoms with Crippen LogP contribution in [0.15, 0.2) is 65.8 Å². The van der Waals surface area contributed by atoms with E-state index in [9.17, 15) is 22.4 Å². The Morgan fingerprint density at radius 2 is 1.76 bits per heavy atom. The predicted molar refractivity (Wildman–Crippen MR) is 126 cm³/mol. The quantitative estimate of drug-likeness (QED) is 0.301. The molecule has 4 aromatic heterocycles. The molecular formula is C24H15ClF4N6O2. The van der Waals surface area contributed by atoms with Crippen molar-refractivity contribution in [2.24, 2.45) is 0 Å². The normalized spacial score (nSPS) is 11.7. The predicted octanol–water partition coefficient (Wildman–Crippen LogP) is 4.88. The second-order valence-corrected chi connectivity index (χ2v) is 8.32. The number of nitrogens with zero attached hydrogens (tertiary/aromatic N) is 6. The largest absolute Gasteiger partial charge is 0.479 e. The summed E-state index contributed by atoms with van der Waals surface area (Å²) >= 11 is 6.02. The number of pyridine rings is 2. The lowest BCUT2D eigenvalue weighted by molar-refractivity contribution is -0.141. The highest BCUT2D eigenvalue weighted by Crippen LogP contribution is 2.35. The number of halogens is 5. The molecule has 1 aromatic carbocycles. The van der Waals surface area contributed by atoms with E-state index in [4.69, 9.17) is 16.3 Å². The number of ether oxygens (including phenoxy) is 1. The number of hydrogen-bond donors (Lipinski definition) is 0. The van der Waals surface area contributed by atoms with Gasteiger partial charge in [-0.2, -0.15) is 22.8 Å². The molecule has 5 rings (SSSR count). The number of rotatable bonds is 5. The minimum Gasteiger partial charge on any atom is -0.479 e. The van der Waals surface area contributed by atoms with Crippen molar-refractivity contribution < 1.29 is 22.3 Å². The van der Waals surface area contributed by atoms with E-state index in [1.165, 1.54) is 31.6 Å². The molecule has 8 nitrogen and oxygen atoms in total. The molecule has 0 spiro atoms. The lowest BCUT2D eigenvalue weighted by Crippen LogP contribution is -2.23. The summed E-state index contributed by atoms with van der Waals surface area (Å²) in [5.41, 5.74) is 0.531. The molecule has 0 saturated carbocycles. The van der Waals surface area contributed by atoms with Crippen LogP contribution in [0.3, 0.4) is 0 Å². The Morgan fingerprint density at radius 1 is 1.00 bits per heavy atom. The topological polar surface area (TPSA) is 87.2 Å². The molecule has 4 heterocycles. The molecule has 0 radical (unpaired) electrons. The average molecular weight is 531 g/mol. The van der Waals surface area contributed by atoms with Gasteiger partial charge in [0.15, 0.2) is 11.5 Å². The van der Waals surface area contributed by atoms with Gasteiger partial charge in [0.25, 0.3) is 0 Å². The maximum absolute atomic E-state index is 14.6. The average Bonchev–Trinajstić information content (AvgIpc) is 3.18. The third-order valence-corrected chi connectivity index (χ3v) is 5.76. The van der Waals surface area contributed by atoms with Gasteiger partial charge < -0.3 is 4.74 Å². The van der Waals surface area contributed by atoms with Gasteiger partial charge in [0.1, 0.15) is 5.69 Å². The SMILES string of the molecule is COc1ncc(-c2c(-c3ccc(Cl)cc3)cnn3c(=O)n(Cc4ccc(C(F)(F)F)nc4)nc23)cc1F. The number of hydrogen-bond acceptors (Lipinski definition) is 6. The van der Waals surface area contributed by atoms with E-state index in [-0.39, 0.29) is 18.1 Å². The molecule has 0 aliphatic heterocycles. The fourth-order valence-corrected chi connectivity index (χ4v) is 3.89. The first kappa shape index (κ1) is 24.4. The van der Waals surface area contributed by atoms with Gasteiger partial charge in [0.2, 0.25) is 5.88 Å². The van der Waals surface area contributed by atoms with Gasteiger partial charge >= 0.3 is 11.9 Å². The molecule has 0 aliphatic rings. The Kier molecular flexibility index (Phi) is 6.12. The van der Waals surface area contributed by atoms with E-state index in [1.807, 2.05) is 0 Å². The summed E-state index contributed by atoms with van der Waals surface area (Å²) in [5, 5.41) is 9.10. The summed E-state index contributed by atoms with van der Waals surface area (Å²) in [5.74, 6) is -0.936. The van der Waals surface area contributed by atoms with Crippen LogP contribution < -0.4 is 10.4 Å². The first-order valence-corrected chi connectivity index (χ1v) is 11.0. The van der Waals surface area contributed by atoms with E-state index < -0.39 is 23.4 Å². The van der Waals surface area contributed by atoms with Crippen molar-refractivity contribution in [3.8, 4) is 28.1 Å². The van der Waals surface area contributed by atoms with Crippen LogP contribution in [0.1, 0.15) is 11.3 Å². The molecule has 0 saturated heterocycles. The van der Waals surface area contributed by atoms with Crippen molar-refractivity contribution in [2.75, 3.05) is 7.11 Å². The molecule has 0 amide bonds. The summed E-state index contributed by atoms with van der Waals surface area (Å²) in [7, 11) is 1.28. The van der Waals surface area contributed by atoms with E-state index in [0.29, 0.717) is 32.8 Å². The van der Waals surface area contributed by atoms with Gasteiger partial charge in [-0.05, 0) is 35.4 Å². The molecule has 0 N–H and O–H groups in total. The summed E-state index contributed by atoms with van der Waals surface area (Å²) in [4.78, 5) is 20.5. The Bertz CT molecular complexity index is 1670. The van der Waals surface area contributed by atoms with Crippen LogP contribution in [0, 0.1) is 5.82 Å². The van der Waals surface area contributed by atoms with E-state index in [0.717, 1.165) is 21.5 Å². The lowest BCUT2D eigenvalue weighted by atomic mass is 9.98. The zero-order valence-electron chi connectivity index (χ0n) is 18.9. The molecule has 0 unspecified atom stereocenters. The van der Waals surface area contributed by atoms with Crippen molar-refractivity contribution in [3.05, 3.63) is 93.6 Å². The lowest BCUT2D eigenvalue weighted by Gasteiger charge is -2.11. The highest BCUT2D eigenvalue weighted by Gasteiger charge is 2.32. The zero-order chi connectivity index (χ0) is 26.3. The van der Waals surface area contributed by atoms with Gasteiger partial charge in [-0.25, -0.2) is 18.9 Å². The van der Waals surface area contributed by atoms with Crippen molar-refractivity contribution >= 4 is 17.2 Å². The summed E-state index contributed by atoms with van der Waals surface area (Å²) < 4.78 is 60.1. The van der Waals surface area contributed by atoms with Gasteiger partial charge in [0, 0.05) is 34.1 Å². The van der Waals surface area contributed by atoms with Gasteiger partial charge in [-0.15, -0.1) is 5.10 Å². The summed E-state index contributed by atoms with van der Waals surface area (Å²) in [6.07, 6.45) is -0.757. The second kappa shape index (κ2) is 9.28. The van der Waals surface area contributed by atoms with Crippen LogP contribution >= 0.6 is 11.6 Å². The number of aromatic nitrogens is 6. The molecule has 0 aliphatic carbocycles. The minimum atomic E-state index is -4.59. The highest BCUT2D eigenvalue weighted by atomic mass is 35.5. The second-order valence-electron chi connectivity index (χ2n) is 7.88. The zero-order valence-corrected chi connectivity index (χ0v) is 19.6. The summed E-state index contributed by atoms with van der Waals surface area (Å²) in [6.45, 7) is -0.168. The molecule has 0 bridgehead atoms. The highest BCUT2D eigenvalue weighted by molar-refractivity contribution is 6.30. The van der Waals surface area contributed by atoms with Crippen LogP contribution in [-0.2, 0) is 12.7 Å². The third-order valence-electron chi connectivity index (χ3n) is 5.51. The smallest absolute Gasteiger partial charge is 0.433 e. The van der Waals surface area contributed by atoms with Crippen LogP contribution in [-0.4, -0.2) is 36.5 Å². The van der Waals surface area contributed by atoms with Crippen LogP contribution in [0.2, 0.25) is 5.02 Å². The van der Waals surface area contributed by atoms with Crippen LogP contribution in [0.25, 0.3) is 27.9 Å². The number of benzene rings is 1. The molecule has 0 atom stereocenters.